The lowest BCUT2D eigenvalue weighted by Gasteiger charge is -2.11. The van der Waals surface area contributed by atoms with Crippen LogP contribution in [0.2, 0.25) is 0 Å². The molecule has 115 valence electrons. The maximum absolute atomic E-state index is 14.0. The average molecular weight is 315 g/mol. The van der Waals surface area contributed by atoms with Gasteiger partial charge < -0.3 is 9.47 Å². The zero-order valence-corrected chi connectivity index (χ0v) is 11.5. The number of benzene rings is 2. The molecule has 0 heterocycles. The van der Waals surface area contributed by atoms with E-state index in [0.29, 0.717) is 13.3 Å². The second kappa shape index (κ2) is 6.25. The highest BCUT2D eigenvalue weighted by Crippen LogP contribution is 2.19. The van der Waals surface area contributed by atoms with E-state index in [1.54, 1.807) is 0 Å². The lowest BCUT2D eigenvalue weighted by atomic mass is 9.63. The van der Waals surface area contributed by atoms with Crippen molar-refractivity contribution < 1.29 is 31.4 Å². The van der Waals surface area contributed by atoms with Gasteiger partial charge in [0.15, 0.2) is 23.2 Å². The van der Waals surface area contributed by atoms with Gasteiger partial charge in [-0.1, -0.05) is 0 Å². The van der Waals surface area contributed by atoms with Crippen LogP contribution in [0.25, 0.3) is 0 Å². The minimum Gasteiger partial charge on any atom is -0.497 e. The maximum atomic E-state index is 14.0. The molecule has 22 heavy (non-hydrogen) atoms. The van der Waals surface area contributed by atoms with E-state index in [1.165, 1.54) is 7.11 Å². The van der Waals surface area contributed by atoms with E-state index in [4.69, 9.17) is 0 Å². The van der Waals surface area contributed by atoms with Crippen molar-refractivity contribution in [2.24, 2.45) is 0 Å². The van der Waals surface area contributed by atoms with Crippen LogP contribution in [-0.4, -0.2) is 21.5 Å². The summed E-state index contributed by atoms with van der Waals surface area (Å²) in [6.07, 6.45) is 0. The van der Waals surface area contributed by atoms with Crippen LogP contribution in [0.3, 0.4) is 0 Å². The molecule has 2 aromatic rings. The van der Waals surface area contributed by atoms with Gasteiger partial charge in [0, 0.05) is 18.2 Å². The number of rotatable bonds is 4. The summed E-state index contributed by atoms with van der Waals surface area (Å²) in [4.78, 5) is 0. The lowest BCUT2D eigenvalue weighted by Crippen LogP contribution is -2.37. The zero-order chi connectivity index (χ0) is 16.4. The van der Waals surface area contributed by atoms with Gasteiger partial charge in [-0.3, -0.25) is 0 Å². The molecule has 2 rings (SSSR count). The van der Waals surface area contributed by atoms with Crippen molar-refractivity contribution in [3.8, 4) is 11.5 Å². The quantitative estimate of drug-likeness (QED) is 0.488. The monoisotopic (exact) mass is 315 g/mol. The summed E-state index contributed by atoms with van der Waals surface area (Å²) in [5, 5.41) is 0. The molecule has 0 fully saturated rings. The number of halogens is 5. The highest BCUT2D eigenvalue weighted by Gasteiger charge is 2.23. The van der Waals surface area contributed by atoms with Gasteiger partial charge in [-0.2, -0.15) is 0 Å². The molecule has 0 unspecified atom stereocenters. The summed E-state index contributed by atoms with van der Waals surface area (Å²) < 4.78 is 77.9. The molecule has 0 aliphatic carbocycles. The van der Waals surface area contributed by atoms with Crippen molar-refractivity contribution in [1.29, 1.82) is 0 Å². The normalized spacial score (nSPS) is 10.5. The molecular formula is C14H9BF5O2. The summed E-state index contributed by atoms with van der Waals surface area (Å²) in [5.74, 6) is -7.16. The van der Waals surface area contributed by atoms with Gasteiger partial charge in [-0.15, -0.1) is 0 Å². The van der Waals surface area contributed by atoms with Gasteiger partial charge in [-0.05, 0) is 10.9 Å². The van der Waals surface area contributed by atoms with Crippen molar-refractivity contribution in [3.05, 3.63) is 47.3 Å². The fourth-order valence-electron chi connectivity index (χ4n) is 1.84. The SMILES string of the molecule is COc1cc(F)c([B]c2c(F)c(F)cc(OC)c2F)c(F)c1. The van der Waals surface area contributed by atoms with Crippen LogP contribution >= 0.6 is 0 Å². The minimum absolute atomic E-state index is 0.107. The molecule has 1 radical (unpaired) electrons. The van der Waals surface area contributed by atoms with Crippen LogP contribution < -0.4 is 20.4 Å². The van der Waals surface area contributed by atoms with Crippen molar-refractivity contribution >= 4 is 18.2 Å². The Morgan fingerprint density at radius 2 is 1.32 bits per heavy atom. The molecule has 0 atom stereocenters. The van der Waals surface area contributed by atoms with Crippen molar-refractivity contribution in [2.45, 2.75) is 0 Å². The van der Waals surface area contributed by atoms with Gasteiger partial charge in [-0.25, -0.2) is 22.0 Å². The zero-order valence-electron chi connectivity index (χ0n) is 11.5. The molecule has 8 heteroatoms. The molecule has 0 bridgehead atoms. The van der Waals surface area contributed by atoms with Crippen molar-refractivity contribution in [3.63, 3.8) is 0 Å². The van der Waals surface area contributed by atoms with Crippen LogP contribution in [-0.2, 0) is 0 Å². The molecule has 0 saturated heterocycles. The fraction of sp³-hybridized carbons (Fsp3) is 0.143. The van der Waals surface area contributed by atoms with Crippen LogP contribution in [0.1, 0.15) is 0 Å². The molecule has 0 spiro atoms. The Bertz CT molecular complexity index is 698. The van der Waals surface area contributed by atoms with Gasteiger partial charge >= 0.3 is 0 Å². The minimum atomic E-state index is -1.58. The van der Waals surface area contributed by atoms with Crippen molar-refractivity contribution in [1.82, 2.24) is 0 Å². The molecule has 0 N–H and O–H groups in total. The highest BCUT2D eigenvalue weighted by atomic mass is 19.2. The van der Waals surface area contributed by atoms with E-state index in [9.17, 15) is 22.0 Å². The summed E-state index contributed by atoms with van der Waals surface area (Å²) >= 11 is 0. The number of ether oxygens (including phenoxy) is 2. The Labute approximate surface area is 123 Å². The van der Waals surface area contributed by atoms with E-state index >= 15 is 0 Å². The third kappa shape index (κ3) is 2.86. The molecule has 0 aromatic heterocycles. The summed E-state index contributed by atoms with van der Waals surface area (Å²) in [6.45, 7) is 0. The van der Waals surface area contributed by atoms with Crippen LogP contribution in [0.4, 0.5) is 22.0 Å². The summed E-state index contributed by atoms with van der Waals surface area (Å²) in [5.41, 5.74) is -1.67. The smallest absolute Gasteiger partial charge is 0.207 e. The third-order valence-electron chi connectivity index (χ3n) is 2.95. The fourth-order valence-corrected chi connectivity index (χ4v) is 1.84. The second-order valence-electron chi connectivity index (χ2n) is 4.25. The molecule has 0 aliphatic heterocycles. The standard InChI is InChI=1S/C14H9BF5O2/c1-21-6-3-7(16)11(8(17)4-6)15-12-13(19)9(18)5-10(22-2)14(12)20/h3-5H,1-2H3. The predicted molar refractivity (Wildman–Crippen MR) is 70.8 cm³/mol. The third-order valence-corrected chi connectivity index (χ3v) is 2.95. The molecular weight excluding hydrogens is 306 g/mol. The first-order valence-corrected chi connectivity index (χ1v) is 5.98. The molecule has 2 nitrogen and oxygen atoms in total. The van der Waals surface area contributed by atoms with Crippen LogP contribution in [0.5, 0.6) is 11.5 Å². The molecule has 0 amide bonds. The molecule has 2 aromatic carbocycles. The van der Waals surface area contributed by atoms with E-state index < -0.39 is 45.8 Å². The topological polar surface area (TPSA) is 18.5 Å². The van der Waals surface area contributed by atoms with Crippen LogP contribution in [0, 0.1) is 29.1 Å². The Morgan fingerprint density at radius 3 is 1.82 bits per heavy atom. The molecule has 0 saturated carbocycles. The van der Waals surface area contributed by atoms with Gasteiger partial charge in [0.25, 0.3) is 0 Å². The first kappa shape index (κ1) is 16.1. The summed E-state index contributed by atoms with van der Waals surface area (Å²) in [6, 6.07) is 2.17. The Balaban J connectivity index is 2.54. The Kier molecular flexibility index (Phi) is 4.58. The number of hydrogen-bond acceptors (Lipinski definition) is 2. The van der Waals surface area contributed by atoms with Crippen molar-refractivity contribution in [2.75, 3.05) is 14.2 Å². The first-order chi connectivity index (χ1) is 10.4. The Morgan fingerprint density at radius 1 is 0.727 bits per heavy atom. The summed E-state index contributed by atoms with van der Waals surface area (Å²) in [7, 11) is 2.78. The first-order valence-electron chi connectivity index (χ1n) is 5.98. The lowest BCUT2D eigenvalue weighted by molar-refractivity contribution is 0.379. The van der Waals surface area contributed by atoms with E-state index in [-0.39, 0.29) is 5.75 Å². The molecule has 0 aliphatic rings. The van der Waals surface area contributed by atoms with Gasteiger partial charge in [0.2, 0.25) is 7.28 Å². The second-order valence-corrected chi connectivity index (χ2v) is 4.25. The van der Waals surface area contributed by atoms with Gasteiger partial charge in [0.1, 0.15) is 17.4 Å². The average Bonchev–Trinajstić information content (AvgIpc) is 2.49. The Hall–Kier alpha value is -2.25. The predicted octanol–water partition coefficient (Wildman–Crippen LogP) is 2.05. The van der Waals surface area contributed by atoms with Gasteiger partial charge in [0.05, 0.1) is 14.2 Å². The highest BCUT2D eigenvalue weighted by molar-refractivity contribution is 6.67. The maximum Gasteiger partial charge on any atom is 0.207 e. The van der Waals surface area contributed by atoms with E-state index in [1.807, 2.05) is 0 Å². The van der Waals surface area contributed by atoms with E-state index in [0.717, 1.165) is 19.2 Å². The van der Waals surface area contributed by atoms with E-state index in [2.05, 4.69) is 9.47 Å². The largest absolute Gasteiger partial charge is 0.497 e. The number of hydrogen-bond donors (Lipinski definition) is 0. The number of methoxy groups -OCH3 is 2. The van der Waals surface area contributed by atoms with Crippen LogP contribution in [0.15, 0.2) is 18.2 Å².